The molecule has 0 saturated heterocycles. The van der Waals surface area contributed by atoms with Crippen LogP contribution >= 0.6 is 0 Å². The van der Waals surface area contributed by atoms with Crippen molar-refractivity contribution in [2.24, 2.45) is 0 Å². The van der Waals surface area contributed by atoms with Gasteiger partial charge in [-0.3, -0.25) is 9.48 Å². The van der Waals surface area contributed by atoms with Crippen molar-refractivity contribution in [3.05, 3.63) is 71.7 Å². The molecule has 0 aliphatic heterocycles. The van der Waals surface area contributed by atoms with Gasteiger partial charge in [-0.25, -0.2) is 4.39 Å². The van der Waals surface area contributed by atoms with Crippen molar-refractivity contribution in [3.8, 4) is 5.75 Å². The minimum Gasteiger partial charge on any atom is -0.486 e. The number of hydrogen-bond donors (Lipinski definition) is 1. The van der Waals surface area contributed by atoms with E-state index in [0.717, 1.165) is 18.7 Å². The summed E-state index contributed by atoms with van der Waals surface area (Å²) in [5, 5.41) is 7.10. The molecule has 1 N–H and O–H groups in total. The van der Waals surface area contributed by atoms with Gasteiger partial charge in [0.15, 0.2) is 5.76 Å². The Labute approximate surface area is 150 Å². The molecule has 3 aromatic rings. The van der Waals surface area contributed by atoms with Crippen LogP contribution in [0.3, 0.4) is 0 Å². The first-order valence-electron chi connectivity index (χ1n) is 8.35. The standard InChI is InChI=1S/C19H20FN3O3/c1-14-9-12-23(22-14)11-2-10-21-19(24)18-8-7-17(26-18)13-25-16-5-3-15(20)4-6-16/h3-9,12H,2,10-11,13H2,1H3,(H,21,24). The topological polar surface area (TPSA) is 69.3 Å². The van der Waals surface area contributed by atoms with Crippen molar-refractivity contribution in [2.45, 2.75) is 26.5 Å². The molecule has 2 heterocycles. The van der Waals surface area contributed by atoms with E-state index in [-0.39, 0.29) is 24.1 Å². The number of halogens is 1. The number of aryl methyl sites for hydroxylation is 2. The van der Waals surface area contributed by atoms with Crippen LogP contribution in [0.1, 0.15) is 28.4 Å². The summed E-state index contributed by atoms with van der Waals surface area (Å²) in [6, 6.07) is 10.9. The number of furan rings is 1. The Kier molecular flexibility index (Phi) is 5.68. The lowest BCUT2D eigenvalue weighted by atomic mass is 10.3. The van der Waals surface area contributed by atoms with Crippen LogP contribution in [-0.2, 0) is 13.2 Å². The van der Waals surface area contributed by atoms with Crippen molar-refractivity contribution in [1.29, 1.82) is 0 Å². The highest BCUT2D eigenvalue weighted by Gasteiger charge is 2.11. The number of rotatable bonds is 8. The molecule has 0 unspecified atom stereocenters. The number of nitrogens with one attached hydrogen (secondary N) is 1. The molecule has 0 aliphatic carbocycles. The van der Waals surface area contributed by atoms with Crippen LogP contribution in [0.25, 0.3) is 0 Å². The van der Waals surface area contributed by atoms with Crippen molar-refractivity contribution in [2.75, 3.05) is 6.54 Å². The maximum Gasteiger partial charge on any atom is 0.286 e. The van der Waals surface area contributed by atoms with Crippen LogP contribution in [0.4, 0.5) is 4.39 Å². The molecule has 0 spiro atoms. The van der Waals surface area contributed by atoms with Gasteiger partial charge in [0.2, 0.25) is 0 Å². The van der Waals surface area contributed by atoms with Crippen molar-refractivity contribution >= 4 is 5.91 Å². The Hall–Kier alpha value is -3.09. The Bertz CT molecular complexity index is 855. The molecule has 0 fully saturated rings. The largest absolute Gasteiger partial charge is 0.486 e. The smallest absolute Gasteiger partial charge is 0.286 e. The Morgan fingerprint density at radius 3 is 2.77 bits per heavy atom. The highest BCUT2D eigenvalue weighted by atomic mass is 19.1. The van der Waals surface area contributed by atoms with E-state index in [0.29, 0.717) is 18.1 Å². The van der Waals surface area contributed by atoms with Gasteiger partial charge in [0, 0.05) is 19.3 Å². The lowest BCUT2D eigenvalue weighted by Gasteiger charge is -2.05. The molecule has 0 bridgehead atoms. The fourth-order valence-electron chi connectivity index (χ4n) is 2.38. The van der Waals surface area contributed by atoms with Gasteiger partial charge in [-0.2, -0.15) is 5.10 Å². The van der Waals surface area contributed by atoms with Crippen LogP contribution in [-0.4, -0.2) is 22.2 Å². The number of aromatic nitrogens is 2. The van der Waals surface area contributed by atoms with E-state index >= 15 is 0 Å². The quantitative estimate of drug-likeness (QED) is 0.628. The summed E-state index contributed by atoms with van der Waals surface area (Å²) < 4.78 is 25.7. The Morgan fingerprint density at radius 1 is 1.23 bits per heavy atom. The molecule has 6 nitrogen and oxygen atoms in total. The molecule has 26 heavy (non-hydrogen) atoms. The summed E-state index contributed by atoms with van der Waals surface area (Å²) >= 11 is 0. The molecule has 136 valence electrons. The van der Waals surface area contributed by atoms with Crippen molar-refractivity contribution in [3.63, 3.8) is 0 Å². The van der Waals surface area contributed by atoms with E-state index in [1.54, 1.807) is 12.1 Å². The molecule has 0 saturated carbocycles. The van der Waals surface area contributed by atoms with Gasteiger partial charge in [0.25, 0.3) is 5.91 Å². The third kappa shape index (κ3) is 4.95. The summed E-state index contributed by atoms with van der Waals surface area (Å²) in [5.41, 5.74) is 0.972. The summed E-state index contributed by atoms with van der Waals surface area (Å²) in [7, 11) is 0. The first kappa shape index (κ1) is 17.7. The van der Waals surface area contributed by atoms with E-state index in [1.165, 1.54) is 24.3 Å². The third-order valence-corrected chi connectivity index (χ3v) is 3.70. The van der Waals surface area contributed by atoms with Gasteiger partial charge in [-0.15, -0.1) is 0 Å². The van der Waals surface area contributed by atoms with E-state index in [2.05, 4.69) is 10.4 Å². The number of amides is 1. The van der Waals surface area contributed by atoms with Gasteiger partial charge >= 0.3 is 0 Å². The highest BCUT2D eigenvalue weighted by Crippen LogP contribution is 2.15. The summed E-state index contributed by atoms with van der Waals surface area (Å²) in [6.45, 7) is 3.37. The van der Waals surface area contributed by atoms with Crippen LogP contribution in [0, 0.1) is 12.7 Å². The number of carbonyl (C=O) groups is 1. The fraction of sp³-hybridized carbons (Fsp3) is 0.263. The molecule has 1 aromatic carbocycles. The number of ether oxygens (including phenoxy) is 1. The zero-order valence-electron chi connectivity index (χ0n) is 14.4. The number of hydrogen-bond acceptors (Lipinski definition) is 4. The average molecular weight is 357 g/mol. The van der Waals surface area contributed by atoms with Crippen LogP contribution in [0.5, 0.6) is 5.75 Å². The Balaban J connectivity index is 1.41. The highest BCUT2D eigenvalue weighted by molar-refractivity contribution is 5.91. The molecule has 0 radical (unpaired) electrons. The zero-order valence-corrected chi connectivity index (χ0v) is 14.4. The second-order valence-electron chi connectivity index (χ2n) is 5.84. The van der Waals surface area contributed by atoms with E-state index < -0.39 is 0 Å². The van der Waals surface area contributed by atoms with Gasteiger partial charge in [-0.1, -0.05) is 0 Å². The predicted molar refractivity (Wildman–Crippen MR) is 93.4 cm³/mol. The second kappa shape index (κ2) is 8.33. The average Bonchev–Trinajstić information content (AvgIpc) is 3.27. The summed E-state index contributed by atoms with van der Waals surface area (Å²) in [6.07, 6.45) is 2.69. The summed E-state index contributed by atoms with van der Waals surface area (Å²) in [5.74, 6) is 0.693. The van der Waals surface area contributed by atoms with Gasteiger partial charge < -0.3 is 14.5 Å². The molecule has 3 rings (SSSR count). The van der Waals surface area contributed by atoms with E-state index in [9.17, 15) is 9.18 Å². The number of benzene rings is 1. The maximum atomic E-state index is 12.8. The molecule has 2 aromatic heterocycles. The van der Waals surface area contributed by atoms with Crippen LogP contribution in [0.15, 0.2) is 53.1 Å². The molecule has 1 amide bonds. The molecule has 7 heteroatoms. The van der Waals surface area contributed by atoms with E-state index in [1.807, 2.05) is 23.9 Å². The van der Waals surface area contributed by atoms with Crippen molar-refractivity contribution < 1.29 is 18.3 Å². The van der Waals surface area contributed by atoms with Gasteiger partial charge in [-0.05, 0) is 55.8 Å². The van der Waals surface area contributed by atoms with Crippen molar-refractivity contribution in [1.82, 2.24) is 15.1 Å². The zero-order chi connectivity index (χ0) is 18.4. The van der Waals surface area contributed by atoms with Crippen LogP contribution < -0.4 is 10.1 Å². The fourth-order valence-corrected chi connectivity index (χ4v) is 2.38. The summed E-state index contributed by atoms with van der Waals surface area (Å²) in [4.78, 5) is 12.1. The molecule has 0 atom stereocenters. The minimum atomic E-state index is -0.322. The van der Waals surface area contributed by atoms with E-state index in [4.69, 9.17) is 9.15 Å². The first-order valence-corrected chi connectivity index (χ1v) is 8.35. The van der Waals surface area contributed by atoms with Crippen LogP contribution in [0.2, 0.25) is 0 Å². The molecular formula is C19H20FN3O3. The monoisotopic (exact) mass is 357 g/mol. The van der Waals surface area contributed by atoms with Gasteiger partial charge in [0.1, 0.15) is 23.9 Å². The predicted octanol–water partition coefficient (Wildman–Crippen LogP) is 3.32. The second-order valence-corrected chi connectivity index (χ2v) is 5.84. The molecule has 0 aliphatic rings. The SMILES string of the molecule is Cc1ccn(CCCNC(=O)c2ccc(COc3ccc(F)cc3)o2)n1. The lowest BCUT2D eigenvalue weighted by molar-refractivity contribution is 0.0920. The lowest BCUT2D eigenvalue weighted by Crippen LogP contribution is -2.24. The Morgan fingerprint density at radius 2 is 2.04 bits per heavy atom. The number of nitrogens with zero attached hydrogens (tertiary/aromatic N) is 2. The molecular weight excluding hydrogens is 337 g/mol. The third-order valence-electron chi connectivity index (χ3n) is 3.70. The minimum absolute atomic E-state index is 0.164. The first-order chi connectivity index (χ1) is 12.6. The van der Waals surface area contributed by atoms with Gasteiger partial charge in [0.05, 0.1) is 5.69 Å². The normalized spacial score (nSPS) is 10.7. The number of carbonyl (C=O) groups excluding carboxylic acids is 1. The maximum absolute atomic E-state index is 12.8.